The molecule has 1 atom stereocenters. The molecule has 20 heavy (non-hydrogen) atoms. The van der Waals surface area contributed by atoms with Gasteiger partial charge in [-0.3, -0.25) is 0 Å². The molecule has 0 bridgehead atoms. The molecule has 0 heterocycles. The summed E-state index contributed by atoms with van der Waals surface area (Å²) in [7, 11) is 0. The lowest BCUT2D eigenvalue weighted by Crippen LogP contribution is -2.18. The molecule has 3 nitrogen and oxygen atoms in total. The SMILES string of the molecule is C[C@@H](O)c1cc(F)ccc1OCCCOCC(F)(F)F. The number of aliphatic hydroxyl groups excluding tert-OH is 1. The normalized spacial score (nSPS) is 13.3. The lowest BCUT2D eigenvalue weighted by Gasteiger charge is -2.13. The molecule has 0 amide bonds. The van der Waals surface area contributed by atoms with Gasteiger partial charge in [-0.2, -0.15) is 13.2 Å². The van der Waals surface area contributed by atoms with Crippen molar-refractivity contribution in [1.29, 1.82) is 0 Å². The smallest absolute Gasteiger partial charge is 0.411 e. The Kier molecular flexibility index (Phi) is 6.22. The summed E-state index contributed by atoms with van der Waals surface area (Å²) in [5, 5.41) is 9.46. The highest BCUT2D eigenvalue weighted by Gasteiger charge is 2.27. The highest BCUT2D eigenvalue weighted by atomic mass is 19.4. The molecule has 0 fully saturated rings. The zero-order valence-corrected chi connectivity index (χ0v) is 10.9. The molecule has 114 valence electrons. The van der Waals surface area contributed by atoms with Gasteiger partial charge in [0.25, 0.3) is 0 Å². The monoisotopic (exact) mass is 296 g/mol. The summed E-state index contributed by atoms with van der Waals surface area (Å²) >= 11 is 0. The first-order valence-corrected chi connectivity index (χ1v) is 6.04. The first-order valence-electron chi connectivity index (χ1n) is 6.04. The number of halogens is 4. The van der Waals surface area contributed by atoms with Gasteiger partial charge in [0.15, 0.2) is 0 Å². The van der Waals surface area contributed by atoms with Crippen LogP contribution in [0.1, 0.15) is 25.0 Å². The van der Waals surface area contributed by atoms with Gasteiger partial charge >= 0.3 is 6.18 Å². The average Bonchev–Trinajstić information content (AvgIpc) is 2.33. The molecule has 7 heteroatoms. The fourth-order valence-electron chi connectivity index (χ4n) is 1.51. The Labute approximate surface area is 114 Å². The second-order valence-corrected chi connectivity index (χ2v) is 4.23. The van der Waals surface area contributed by atoms with E-state index in [1.165, 1.54) is 19.1 Å². The van der Waals surface area contributed by atoms with Gasteiger partial charge in [0, 0.05) is 12.0 Å². The molecular weight excluding hydrogens is 280 g/mol. The molecule has 0 aliphatic carbocycles. The van der Waals surface area contributed by atoms with Crippen LogP contribution in [0.3, 0.4) is 0 Å². The molecule has 1 aromatic rings. The van der Waals surface area contributed by atoms with Crippen molar-refractivity contribution in [2.75, 3.05) is 19.8 Å². The number of benzene rings is 1. The van der Waals surface area contributed by atoms with E-state index in [-0.39, 0.29) is 19.6 Å². The van der Waals surface area contributed by atoms with E-state index in [0.717, 1.165) is 6.07 Å². The highest BCUT2D eigenvalue weighted by molar-refractivity contribution is 5.35. The molecule has 0 spiro atoms. The van der Waals surface area contributed by atoms with Crippen LogP contribution in [-0.2, 0) is 4.74 Å². The fraction of sp³-hybridized carbons (Fsp3) is 0.538. The standard InChI is InChI=1S/C13H16F4O3/c1-9(18)11-7-10(14)3-4-12(11)20-6-2-5-19-8-13(15,16)17/h3-4,7,9,18H,2,5-6,8H2,1H3/t9-/m1/s1. The molecule has 0 aromatic heterocycles. The average molecular weight is 296 g/mol. The van der Waals surface area contributed by atoms with Crippen molar-refractivity contribution < 1.29 is 32.1 Å². The maximum Gasteiger partial charge on any atom is 0.411 e. The summed E-state index contributed by atoms with van der Waals surface area (Å²) in [5.41, 5.74) is 0.293. The van der Waals surface area contributed by atoms with Crippen molar-refractivity contribution >= 4 is 0 Å². The van der Waals surface area contributed by atoms with E-state index in [1.807, 2.05) is 0 Å². The van der Waals surface area contributed by atoms with E-state index in [0.29, 0.717) is 11.3 Å². The quantitative estimate of drug-likeness (QED) is 0.620. The number of ether oxygens (including phenoxy) is 2. The number of aliphatic hydroxyl groups is 1. The van der Waals surface area contributed by atoms with Gasteiger partial charge in [-0.15, -0.1) is 0 Å². The van der Waals surface area contributed by atoms with Crippen LogP contribution in [0, 0.1) is 5.82 Å². The molecule has 0 saturated heterocycles. The van der Waals surface area contributed by atoms with Crippen molar-refractivity contribution in [3.05, 3.63) is 29.6 Å². The number of hydrogen-bond donors (Lipinski definition) is 1. The molecule has 0 aliphatic heterocycles. The minimum absolute atomic E-state index is 0.0925. The second kappa shape index (κ2) is 7.44. The van der Waals surface area contributed by atoms with Crippen LogP contribution >= 0.6 is 0 Å². The van der Waals surface area contributed by atoms with Crippen LogP contribution in [-0.4, -0.2) is 31.1 Å². The van der Waals surface area contributed by atoms with E-state index in [9.17, 15) is 22.7 Å². The van der Waals surface area contributed by atoms with Gasteiger partial charge in [0.1, 0.15) is 18.2 Å². The Hall–Kier alpha value is -1.34. The Balaban J connectivity index is 2.35. The Bertz CT molecular complexity index is 419. The van der Waals surface area contributed by atoms with Crippen LogP contribution in [0.25, 0.3) is 0 Å². The molecule has 1 N–H and O–H groups in total. The zero-order chi connectivity index (χ0) is 15.2. The van der Waals surface area contributed by atoms with Crippen LogP contribution in [0.5, 0.6) is 5.75 Å². The largest absolute Gasteiger partial charge is 0.493 e. The van der Waals surface area contributed by atoms with Crippen molar-refractivity contribution in [2.24, 2.45) is 0 Å². The minimum atomic E-state index is -4.34. The van der Waals surface area contributed by atoms with Crippen molar-refractivity contribution in [3.63, 3.8) is 0 Å². The minimum Gasteiger partial charge on any atom is -0.493 e. The van der Waals surface area contributed by atoms with Crippen molar-refractivity contribution in [2.45, 2.75) is 25.6 Å². The first kappa shape index (κ1) is 16.7. The second-order valence-electron chi connectivity index (χ2n) is 4.23. The highest BCUT2D eigenvalue weighted by Crippen LogP contribution is 2.26. The van der Waals surface area contributed by atoms with Crippen LogP contribution in [0.4, 0.5) is 17.6 Å². The third-order valence-corrected chi connectivity index (χ3v) is 2.38. The predicted molar refractivity (Wildman–Crippen MR) is 64.0 cm³/mol. The third-order valence-electron chi connectivity index (χ3n) is 2.38. The van der Waals surface area contributed by atoms with Gasteiger partial charge in [0.2, 0.25) is 0 Å². The van der Waals surface area contributed by atoms with Crippen molar-refractivity contribution in [1.82, 2.24) is 0 Å². The zero-order valence-electron chi connectivity index (χ0n) is 10.9. The lowest BCUT2D eigenvalue weighted by molar-refractivity contribution is -0.174. The van der Waals surface area contributed by atoms with Crippen LogP contribution in [0.15, 0.2) is 18.2 Å². The summed E-state index contributed by atoms with van der Waals surface area (Å²) in [6.45, 7) is 0.199. The van der Waals surface area contributed by atoms with Gasteiger partial charge in [-0.25, -0.2) is 4.39 Å². The van der Waals surface area contributed by atoms with E-state index in [1.54, 1.807) is 0 Å². The molecule has 0 radical (unpaired) electrons. The predicted octanol–water partition coefficient (Wildman–Crippen LogP) is 3.23. The number of alkyl halides is 3. The fourth-order valence-corrected chi connectivity index (χ4v) is 1.51. The summed E-state index contributed by atoms with van der Waals surface area (Å²) in [6, 6.07) is 3.70. The molecule has 0 saturated carbocycles. The Morgan fingerprint density at radius 1 is 1.25 bits per heavy atom. The van der Waals surface area contributed by atoms with E-state index < -0.39 is 24.7 Å². The molecule has 1 rings (SSSR count). The van der Waals surface area contributed by atoms with Gasteiger partial charge in [-0.1, -0.05) is 0 Å². The van der Waals surface area contributed by atoms with E-state index in [4.69, 9.17) is 4.74 Å². The van der Waals surface area contributed by atoms with Gasteiger partial charge < -0.3 is 14.6 Å². The van der Waals surface area contributed by atoms with E-state index >= 15 is 0 Å². The van der Waals surface area contributed by atoms with Crippen LogP contribution < -0.4 is 4.74 Å². The maximum atomic E-state index is 13.0. The lowest BCUT2D eigenvalue weighted by atomic mass is 10.1. The molecule has 1 aromatic carbocycles. The summed E-state index contributed by atoms with van der Waals surface area (Å²) in [6.07, 6.45) is -4.98. The maximum absolute atomic E-state index is 13.0. The van der Waals surface area contributed by atoms with Gasteiger partial charge in [0.05, 0.1) is 19.3 Å². The number of hydrogen-bond acceptors (Lipinski definition) is 3. The van der Waals surface area contributed by atoms with Crippen molar-refractivity contribution in [3.8, 4) is 5.75 Å². The Morgan fingerprint density at radius 2 is 1.95 bits per heavy atom. The summed E-state index contributed by atoms with van der Waals surface area (Å²) < 4.78 is 58.1. The number of rotatable bonds is 7. The van der Waals surface area contributed by atoms with E-state index in [2.05, 4.69) is 4.74 Å². The molecule has 0 aliphatic rings. The summed E-state index contributed by atoms with van der Waals surface area (Å²) in [4.78, 5) is 0. The summed E-state index contributed by atoms with van der Waals surface area (Å²) in [5.74, 6) is -0.195. The topological polar surface area (TPSA) is 38.7 Å². The van der Waals surface area contributed by atoms with Crippen LogP contribution in [0.2, 0.25) is 0 Å². The van der Waals surface area contributed by atoms with Gasteiger partial charge in [-0.05, 0) is 25.1 Å². The molecular formula is C13H16F4O3. The Morgan fingerprint density at radius 3 is 2.55 bits per heavy atom. The first-order chi connectivity index (χ1) is 9.29. The molecule has 0 unspecified atom stereocenters. The third kappa shape index (κ3) is 6.21.